The molecule has 2 nitrogen and oxygen atoms in total. The van der Waals surface area contributed by atoms with Crippen LogP contribution in [0, 0.1) is 17.8 Å². The summed E-state index contributed by atoms with van der Waals surface area (Å²) in [6.07, 6.45) is 4.26. The maximum atomic E-state index is 7.12. The molecule has 0 saturated carbocycles. The van der Waals surface area contributed by atoms with Gasteiger partial charge in [0.2, 0.25) is 0 Å². The molecule has 1 aliphatic heterocycles. The van der Waals surface area contributed by atoms with Crippen LogP contribution in [0.3, 0.4) is 0 Å². The summed E-state index contributed by atoms with van der Waals surface area (Å²) in [5.74, 6) is 9.44. The first-order chi connectivity index (χ1) is 19.0. The van der Waals surface area contributed by atoms with Gasteiger partial charge in [-0.05, 0) is 11.8 Å². The third kappa shape index (κ3) is 4.97. The molecule has 41 heavy (non-hydrogen) atoms. The van der Waals surface area contributed by atoms with Crippen molar-refractivity contribution in [2.24, 2.45) is 17.9 Å². The van der Waals surface area contributed by atoms with Crippen LogP contribution in [0.1, 0.15) is 58.2 Å². The molecule has 0 bridgehead atoms. The van der Waals surface area contributed by atoms with Crippen LogP contribution in [0.2, 0.25) is 17.3 Å². The zero-order valence-electron chi connectivity index (χ0n) is 27.0. The SMILES string of the molecule is Cc1c2c(c(CC(C)(C)C)c3ccc(CC(C)(C)C)cc13)Oc1cc3c[c]([Ge]([CH3])([CH3])[CH3])ccc3c3cc[n+](C)c-2c13. The van der Waals surface area contributed by atoms with E-state index in [4.69, 9.17) is 4.74 Å². The summed E-state index contributed by atoms with van der Waals surface area (Å²) in [5.41, 5.74) is 6.93. The average molecular weight is 605 g/mol. The molecule has 0 unspecified atom stereocenters. The number of aryl methyl sites for hydroxylation is 2. The number of rotatable bonds is 3. The van der Waals surface area contributed by atoms with Crippen LogP contribution in [0.25, 0.3) is 43.6 Å². The Morgan fingerprint density at radius 2 is 1.44 bits per heavy atom. The molecule has 0 aliphatic carbocycles. The molecule has 0 radical (unpaired) electrons. The summed E-state index contributed by atoms with van der Waals surface area (Å²) < 4.78 is 11.0. The molecular formula is C38H46GeNO+. The van der Waals surface area contributed by atoms with Gasteiger partial charge in [0, 0.05) is 0 Å². The fourth-order valence-electron chi connectivity index (χ4n) is 6.79. The monoisotopic (exact) mass is 606 g/mol. The fraction of sp³-hybridized carbons (Fsp3) is 0.395. The standard InChI is InChI=1S/C38H46GeNO/c1-23-30-18-24(21-37(2,3)4)12-14-28(30)31(22-38(5,6)7)36-33(23)35-34-29(16-17-40(35)11)27-15-13-26(39(8,9)10)19-25(27)20-32(34)41-36/h12-20H,21-22H2,1-11H3/q+1. The van der Waals surface area contributed by atoms with E-state index in [0.29, 0.717) is 0 Å². The molecule has 1 aromatic heterocycles. The second-order valence-corrected chi connectivity index (χ2v) is 26.5. The first-order valence-corrected chi connectivity index (χ1v) is 22.5. The van der Waals surface area contributed by atoms with Crippen molar-refractivity contribution in [1.82, 2.24) is 0 Å². The first-order valence-electron chi connectivity index (χ1n) is 15.2. The van der Waals surface area contributed by atoms with Crippen molar-refractivity contribution in [1.29, 1.82) is 0 Å². The van der Waals surface area contributed by atoms with Gasteiger partial charge in [0.1, 0.15) is 0 Å². The summed E-state index contributed by atoms with van der Waals surface area (Å²) in [6.45, 7) is 16.3. The molecule has 0 N–H and O–H groups in total. The molecular weight excluding hydrogens is 559 g/mol. The predicted octanol–water partition coefficient (Wildman–Crippen LogP) is 9.77. The van der Waals surface area contributed by atoms with Crippen LogP contribution in [-0.4, -0.2) is 13.3 Å². The van der Waals surface area contributed by atoms with E-state index in [-0.39, 0.29) is 10.8 Å². The minimum absolute atomic E-state index is 0.120. The Morgan fingerprint density at radius 1 is 0.756 bits per heavy atom. The van der Waals surface area contributed by atoms with Crippen molar-refractivity contribution in [2.45, 2.75) is 78.6 Å². The Balaban J connectivity index is 1.72. The zero-order chi connectivity index (χ0) is 29.6. The number of hydrogen-bond donors (Lipinski definition) is 0. The fourth-order valence-corrected chi connectivity index (χ4v) is 9.25. The summed E-state index contributed by atoms with van der Waals surface area (Å²) in [7, 11) is 2.19. The van der Waals surface area contributed by atoms with Crippen LogP contribution < -0.4 is 13.7 Å². The van der Waals surface area contributed by atoms with Gasteiger partial charge in [0.05, 0.1) is 0 Å². The van der Waals surface area contributed by atoms with Crippen molar-refractivity contribution in [3.8, 4) is 22.8 Å². The Kier molecular flexibility index (Phi) is 6.43. The topological polar surface area (TPSA) is 13.1 Å². The van der Waals surface area contributed by atoms with E-state index in [1.807, 2.05) is 0 Å². The molecule has 3 heteroatoms. The summed E-state index contributed by atoms with van der Waals surface area (Å²) in [6, 6.07) is 18.9. The Labute approximate surface area is 249 Å². The number of benzene rings is 4. The van der Waals surface area contributed by atoms with Crippen LogP contribution in [0.5, 0.6) is 11.5 Å². The molecule has 4 aromatic carbocycles. The van der Waals surface area contributed by atoms with Gasteiger partial charge in [0.15, 0.2) is 0 Å². The Morgan fingerprint density at radius 3 is 2.10 bits per heavy atom. The Bertz CT molecular complexity index is 1880. The van der Waals surface area contributed by atoms with Crippen LogP contribution in [-0.2, 0) is 19.9 Å². The maximum absolute atomic E-state index is 7.12. The molecule has 0 fully saturated rings. The second kappa shape index (κ2) is 9.33. The average Bonchev–Trinajstić information content (AvgIpc) is 2.85. The molecule has 5 aromatic rings. The molecule has 6 rings (SSSR count). The zero-order valence-corrected chi connectivity index (χ0v) is 29.1. The van der Waals surface area contributed by atoms with Gasteiger partial charge in [-0.25, -0.2) is 0 Å². The van der Waals surface area contributed by atoms with Crippen LogP contribution in [0.15, 0.2) is 54.7 Å². The van der Waals surface area contributed by atoms with Gasteiger partial charge < -0.3 is 0 Å². The summed E-state index contributed by atoms with van der Waals surface area (Å²) in [5, 5.41) is 7.80. The molecule has 2 heterocycles. The van der Waals surface area contributed by atoms with Gasteiger partial charge in [-0.15, -0.1) is 0 Å². The van der Waals surface area contributed by atoms with Gasteiger partial charge in [-0.1, -0.05) is 20.8 Å². The van der Waals surface area contributed by atoms with Crippen LogP contribution >= 0.6 is 0 Å². The molecule has 0 saturated heterocycles. The number of nitrogens with zero attached hydrogens (tertiary/aromatic N) is 1. The third-order valence-corrected chi connectivity index (χ3v) is 12.9. The van der Waals surface area contributed by atoms with Crippen molar-refractivity contribution in [2.75, 3.05) is 0 Å². The van der Waals surface area contributed by atoms with Crippen molar-refractivity contribution in [3.05, 3.63) is 71.4 Å². The van der Waals surface area contributed by atoms with E-state index in [1.54, 1.807) is 0 Å². The third-order valence-electron chi connectivity index (χ3n) is 8.64. The number of ether oxygens (including phenoxy) is 1. The quantitative estimate of drug-likeness (QED) is 0.111. The van der Waals surface area contributed by atoms with Gasteiger partial charge in [-0.3, -0.25) is 0 Å². The number of hydrogen-bond acceptors (Lipinski definition) is 1. The van der Waals surface area contributed by atoms with E-state index >= 15 is 0 Å². The normalized spacial score (nSPS) is 13.6. The summed E-state index contributed by atoms with van der Waals surface area (Å²) in [4.78, 5) is 0. The molecule has 0 amide bonds. The predicted molar refractivity (Wildman–Crippen MR) is 180 cm³/mol. The number of pyridine rings is 1. The summed E-state index contributed by atoms with van der Waals surface area (Å²) >= 11 is -1.98. The van der Waals surface area contributed by atoms with Gasteiger partial charge in [-0.2, -0.15) is 0 Å². The molecule has 0 atom stereocenters. The van der Waals surface area contributed by atoms with E-state index in [0.717, 1.165) is 24.3 Å². The van der Waals surface area contributed by atoms with Crippen molar-refractivity contribution < 1.29 is 9.30 Å². The van der Waals surface area contributed by atoms with Crippen molar-refractivity contribution >= 4 is 50.0 Å². The van der Waals surface area contributed by atoms with Crippen LogP contribution in [0.4, 0.5) is 0 Å². The second-order valence-electron chi connectivity index (χ2n) is 15.9. The van der Waals surface area contributed by atoms with E-state index < -0.39 is 13.3 Å². The Hall–Kier alpha value is -2.85. The number of aromatic nitrogens is 1. The van der Waals surface area contributed by atoms with Crippen molar-refractivity contribution in [3.63, 3.8) is 0 Å². The van der Waals surface area contributed by atoms with E-state index in [9.17, 15) is 0 Å². The first kappa shape index (κ1) is 28.3. The molecule has 1 aliphatic rings. The molecule has 212 valence electrons. The van der Waals surface area contributed by atoms with Gasteiger partial charge >= 0.3 is 217 Å². The number of fused-ring (bicyclic) bond motifs is 5. The van der Waals surface area contributed by atoms with E-state index in [1.165, 1.54) is 64.7 Å². The molecule has 0 spiro atoms. The van der Waals surface area contributed by atoms with E-state index in [2.05, 4.69) is 132 Å². The van der Waals surface area contributed by atoms with Gasteiger partial charge in [0.25, 0.3) is 0 Å². The minimum atomic E-state index is -1.98.